The van der Waals surface area contributed by atoms with Gasteiger partial charge in [0.1, 0.15) is 11.6 Å². The van der Waals surface area contributed by atoms with Crippen molar-refractivity contribution in [2.24, 2.45) is 0 Å². The molecule has 2 unspecified atom stereocenters. The van der Waals surface area contributed by atoms with E-state index in [-0.39, 0.29) is 42.9 Å². The molecule has 0 radical (unpaired) electrons. The number of carboxylic acids is 2. The number of ether oxygens (including phenoxy) is 2. The zero-order chi connectivity index (χ0) is 23.9. The molecule has 1 aliphatic carbocycles. The molecule has 0 aromatic heterocycles. The topological polar surface area (TPSA) is 163 Å². The molecule has 0 aliphatic heterocycles. The summed E-state index contributed by atoms with van der Waals surface area (Å²) in [6, 6.07) is -2.05. The van der Waals surface area contributed by atoms with Crippen molar-refractivity contribution in [2.75, 3.05) is 40.0 Å². The van der Waals surface area contributed by atoms with Gasteiger partial charge in [-0.1, -0.05) is 0 Å². The third-order valence-corrected chi connectivity index (χ3v) is 5.32. The number of Topliss-reactive ketones (excluding diaryl/α,β-unsaturated/α-hetero) is 2. The van der Waals surface area contributed by atoms with Crippen LogP contribution in [-0.4, -0.2) is 97.9 Å². The second-order valence-electron chi connectivity index (χ2n) is 7.93. The maximum atomic E-state index is 12.6. The first-order chi connectivity index (χ1) is 15.2. The summed E-state index contributed by atoms with van der Waals surface area (Å²) in [5.41, 5.74) is 0. The number of carboxylic acid groups (broad SMARTS) is 2. The molecule has 0 saturated heterocycles. The number of carbonyl (C=O) groups excluding carboxylic acids is 2. The smallest absolute Gasteiger partial charge is 0.305 e. The van der Waals surface area contributed by atoms with Gasteiger partial charge in [0.2, 0.25) is 0 Å². The van der Waals surface area contributed by atoms with Crippen molar-refractivity contribution in [1.29, 1.82) is 0 Å². The number of nitrogens with one attached hydrogen (secondary N) is 3. The van der Waals surface area contributed by atoms with E-state index >= 15 is 0 Å². The second-order valence-corrected chi connectivity index (χ2v) is 7.93. The van der Waals surface area contributed by atoms with Gasteiger partial charge in [-0.3, -0.25) is 19.2 Å². The third kappa shape index (κ3) is 11.6. The van der Waals surface area contributed by atoms with Gasteiger partial charge in [0.05, 0.1) is 44.7 Å². The third-order valence-electron chi connectivity index (χ3n) is 5.32. The summed E-state index contributed by atoms with van der Waals surface area (Å²) in [5, 5.41) is 27.2. The Kier molecular flexibility index (Phi) is 13.9. The normalized spacial score (nSPS) is 19.7. The van der Waals surface area contributed by atoms with Crippen LogP contribution in [0.2, 0.25) is 0 Å². The maximum absolute atomic E-state index is 12.6. The minimum atomic E-state index is -1.08. The number of ketones is 2. The zero-order valence-corrected chi connectivity index (χ0v) is 18.9. The molecule has 1 aliphatic rings. The van der Waals surface area contributed by atoms with Crippen LogP contribution in [0.4, 0.5) is 0 Å². The lowest BCUT2D eigenvalue weighted by atomic mass is 9.84. The monoisotopic (exact) mass is 459 g/mol. The molecule has 0 amide bonds. The first-order valence-electron chi connectivity index (χ1n) is 11.0. The van der Waals surface area contributed by atoms with Crippen LogP contribution in [0.25, 0.3) is 0 Å². The van der Waals surface area contributed by atoms with Gasteiger partial charge in [0.25, 0.3) is 0 Å². The Morgan fingerprint density at radius 1 is 0.875 bits per heavy atom. The van der Waals surface area contributed by atoms with Gasteiger partial charge in [-0.15, -0.1) is 0 Å². The summed E-state index contributed by atoms with van der Waals surface area (Å²) in [4.78, 5) is 46.5. The molecule has 0 heterocycles. The Hall–Kier alpha value is -1.92. The summed E-state index contributed by atoms with van der Waals surface area (Å²) in [6.45, 7) is 3.97. The van der Waals surface area contributed by atoms with Crippen molar-refractivity contribution < 1.29 is 38.9 Å². The highest BCUT2D eigenvalue weighted by atomic mass is 16.5. The number of aliphatic carboxylic acids is 2. The first kappa shape index (κ1) is 28.1. The zero-order valence-electron chi connectivity index (χ0n) is 18.9. The molecule has 0 aromatic rings. The molecule has 1 fully saturated rings. The standard InChI is InChI=1S/C21H37N3O8/c1-14(25)17(12-20(27)28)23-15-5-6-16(15)24-18(13-21(29)30)19(26)4-3-8-31-10-11-32-9-7-22-2/h15-18,22-24H,3-13H2,1-2H3,(H,27,28)(H,29,30)/t15?,16?,17-,18-/m0/s1. The summed E-state index contributed by atoms with van der Waals surface area (Å²) in [7, 11) is 1.84. The number of hydrogen-bond acceptors (Lipinski definition) is 9. The van der Waals surface area contributed by atoms with Crippen LogP contribution < -0.4 is 16.0 Å². The van der Waals surface area contributed by atoms with Crippen LogP contribution >= 0.6 is 0 Å². The molecular weight excluding hydrogens is 422 g/mol. The van der Waals surface area contributed by atoms with E-state index in [1.807, 2.05) is 7.05 Å². The molecular formula is C21H37N3O8. The minimum Gasteiger partial charge on any atom is -0.481 e. The quantitative estimate of drug-likeness (QED) is 0.150. The van der Waals surface area contributed by atoms with Crippen LogP contribution in [-0.2, 0) is 28.7 Å². The lowest BCUT2D eigenvalue weighted by Crippen LogP contribution is -2.62. The molecule has 5 N–H and O–H groups in total. The summed E-state index contributed by atoms with van der Waals surface area (Å²) in [5.74, 6) is -2.64. The van der Waals surface area contributed by atoms with Crippen LogP contribution in [0, 0.1) is 0 Å². The van der Waals surface area contributed by atoms with E-state index in [0.717, 1.165) is 6.54 Å². The van der Waals surface area contributed by atoms with E-state index in [0.29, 0.717) is 45.7 Å². The summed E-state index contributed by atoms with van der Waals surface area (Å²) >= 11 is 0. The molecule has 0 bridgehead atoms. The van der Waals surface area contributed by atoms with Gasteiger partial charge in [-0.2, -0.15) is 0 Å². The van der Waals surface area contributed by atoms with Crippen LogP contribution in [0.5, 0.6) is 0 Å². The van der Waals surface area contributed by atoms with Crippen LogP contribution in [0.3, 0.4) is 0 Å². The fourth-order valence-electron chi connectivity index (χ4n) is 3.37. The van der Waals surface area contributed by atoms with E-state index in [1.165, 1.54) is 6.92 Å². The molecule has 0 spiro atoms. The van der Waals surface area contributed by atoms with E-state index in [4.69, 9.17) is 14.6 Å². The van der Waals surface area contributed by atoms with Crippen molar-refractivity contribution in [2.45, 2.75) is 69.6 Å². The molecule has 184 valence electrons. The predicted octanol–water partition coefficient (Wildman–Crippen LogP) is -0.426. The Balaban J connectivity index is 2.42. The Morgan fingerprint density at radius 2 is 1.41 bits per heavy atom. The average Bonchev–Trinajstić information content (AvgIpc) is 2.70. The van der Waals surface area contributed by atoms with E-state index in [1.54, 1.807) is 0 Å². The number of likely N-dealkylation sites (N-methyl/N-ethyl adjacent to an activating group) is 1. The molecule has 4 atom stereocenters. The fourth-order valence-corrected chi connectivity index (χ4v) is 3.37. The van der Waals surface area contributed by atoms with Crippen molar-refractivity contribution >= 4 is 23.5 Å². The van der Waals surface area contributed by atoms with Crippen molar-refractivity contribution in [3.8, 4) is 0 Å². The van der Waals surface area contributed by atoms with Crippen LogP contribution in [0.1, 0.15) is 45.4 Å². The first-order valence-corrected chi connectivity index (χ1v) is 11.0. The van der Waals surface area contributed by atoms with E-state index in [2.05, 4.69) is 16.0 Å². The fraction of sp³-hybridized carbons (Fsp3) is 0.810. The average molecular weight is 460 g/mol. The van der Waals surface area contributed by atoms with Gasteiger partial charge in [-0.25, -0.2) is 0 Å². The molecule has 1 saturated carbocycles. The van der Waals surface area contributed by atoms with Gasteiger partial charge in [0.15, 0.2) is 0 Å². The molecule has 11 heteroatoms. The van der Waals surface area contributed by atoms with Gasteiger partial charge in [-0.05, 0) is 33.2 Å². The maximum Gasteiger partial charge on any atom is 0.305 e. The van der Waals surface area contributed by atoms with Gasteiger partial charge in [0, 0.05) is 31.7 Å². The highest BCUT2D eigenvalue weighted by Crippen LogP contribution is 2.22. The van der Waals surface area contributed by atoms with E-state index in [9.17, 15) is 24.3 Å². The number of hydrogen-bond donors (Lipinski definition) is 5. The van der Waals surface area contributed by atoms with Gasteiger partial charge < -0.3 is 35.6 Å². The predicted molar refractivity (Wildman–Crippen MR) is 116 cm³/mol. The highest BCUT2D eigenvalue weighted by molar-refractivity contribution is 5.88. The minimum absolute atomic E-state index is 0.186. The molecule has 1 rings (SSSR count). The molecule has 11 nitrogen and oxygen atoms in total. The van der Waals surface area contributed by atoms with Crippen molar-refractivity contribution in [3.63, 3.8) is 0 Å². The van der Waals surface area contributed by atoms with Gasteiger partial charge >= 0.3 is 11.9 Å². The second kappa shape index (κ2) is 15.8. The molecule has 32 heavy (non-hydrogen) atoms. The summed E-state index contributed by atoms with van der Waals surface area (Å²) < 4.78 is 10.8. The highest BCUT2D eigenvalue weighted by Gasteiger charge is 2.36. The Morgan fingerprint density at radius 3 is 1.91 bits per heavy atom. The lowest BCUT2D eigenvalue weighted by molar-refractivity contribution is -0.140. The lowest BCUT2D eigenvalue weighted by Gasteiger charge is -2.41. The van der Waals surface area contributed by atoms with Crippen LogP contribution in [0.15, 0.2) is 0 Å². The Bertz CT molecular complexity index is 616. The molecule has 0 aromatic carbocycles. The summed E-state index contributed by atoms with van der Waals surface area (Å²) in [6.07, 6.45) is 1.41. The Labute approximate surface area is 188 Å². The number of carbonyl (C=O) groups is 4. The van der Waals surface area contributed by atoms with Crippen molar-refractivity contribution in [1.82, 2.24) is 16.0 Å². The van der Waals surface area contributed by atoms with Crippen molar-refractivity contribution in [3.05, 3.63) is 0 Å². The largest absolute Gasteiger partial charge is 0.481 e. The number of rotatable bonds is 20. The van der Waals surface area contributed by atoms with E-state index < -0.39 is 24.0 Å². The SMILES string of the molecule is CNCCOCCOCCCC(=O)[C@H](CC(=O)O)NC1CCC1N[C@@H](CC(=O)O)C(C)=O.